The van der Waals surface area contributed by atoms with Gasteiger partial charge in [-0.2, -0.15) is 0 Å². The fourth-order valence-electron chi connectivity index (χ4n) is 2.52. The summed E-state index contributed by atoms with van der Waals surface area (Å²) in [5, 5.41) is 7.36. The molecule has 1 amide bonds. The minimum Gasteiger partial charge on any atom is -0.354 e. The number of amides is 1. The fraction of sp³-hybridized carbons (Fsp3) is 0.467. The van der Waals surface area contributed by atoms with E-state index in [9.17, 15) is 4.79 Å². The summed E-state index contributed by atoms with van der Waals surface area (Å²) in [6, 6.07) is 8.14. The van der Waals surface area contributed by atoms with Gasteiger partial charge >= 0.3 is 0 Å². The number of para-hydroxylation sites is 1. The summed E-state index contributed by atoms with van der Waals surface area (Å²) in [7, 11) is 0. The lowest BCUT2D eigenvalue weighted by molar-refractivity contribution is -0.123. The van der Waals surface area contributed by atoms with Crippen molar-refractivity contribution in [3.63, 3.8) is 0 Å². The van der Waals surface area contributed by atoms with Crippen molar-refractivity contribution in [1.82, 2.24) is 15.6 Å². The zero-order chi connectivity index (χ0) is 13.8. The molecule has 1 aliphatic heterocycles. The van der Waals surface area contributed by atoms with Crippen molar-refractivity contribution in [2.45, 2.75) is 31.7 Å². The van der Waals surface area contributed by atoms with Crippen molar-refractivity contribution in [3.05, 3.63) is 29.3 Å². The number of benzene rings is 1. The van der Waals surface area contributed by atoms with Crippen LogP contribution in [0.3, 0.4) is 0 Å². The molecule has 106 valence electrons. The normalized spacial score (nSPS) is 19.1. The van der Waals surface area contributed by atoms with Crippen molar-refractivity contribution in [3.8, 4) is 0 Å². The Hall–Kier alpha value is -1.46. The Morgan fingerprint density at radius 3 is 3.10 bits per heavy atom. The zero-order valence-corrected chi connectivity index (χ0v) is 12.2. The maximum atomic E-state index is 12.0. The molecule has 1 aliphatic rings. The van der Waals surface area contributed by atoms with Crippen LogP contribution in [0.4, 0.5) is 0 Å². The van der Waals surface area contributed by atoms with Gasteiger partial charge in [-0.3, -0.25) is 4.79 Å². The molecule has 1 fully saturated rings. The molecule has 1 atom stereocenters. The molecule has 0 bridgehead atoms. The molecule has 2 heterocycles. The van der Waals surface area contributed by atoms with Crippen LogP contribution in [-0.2, 0) is 11.2 Å². The van der Waals surface area contributed by atoms with Gasteiger partial charge < -0.3 is 10.6 Å². The molecule has 1 aromatic heterocycles. The van der Waals surface area contributed by atoms with E-state index in [-0.39, 0.29) is 11.9 Å². The number of hydrogen-bond acceptors (Lipinski definition) is 4. The van der Waals surface area contributed by atoms with Gasteiger partial charge in [0.2, 0.25) is 5.91 Å². The fourth-order valence-corrected chi connectivity index (χ4v) is 3.49. The van der Waals surface area contributed by atoms with E-state index in [4.69, 9.17) is 0 Å². The van der Waals surface area contributed by atoms with Gasteiger partial charge in [-0.1, -0.05) is 18.6 Å². The van der Waals surface area contributed by atoms with Crippen molar-refractivity contribution in [1.29, 1.82) is 0 Å². The Bertz CT molecular complexity index is 557. The Balaban J connectivity index is 1.50. The lowest BCUT2D eigenvalue weighted by Crippen LogP contribution is -2.47. The van der Waals surface area contributed by atoms with E-state index >= 15 is 0 Å². The monoisotopic (exact) mass is 289 g/mol. The smallest absolute Gasteiger partial charge is 0.237 e. The highest BCUT2D eigenvalue weighted by atomic mass is 32.1. The molecule has 0 unspecified atom stereocenters. The predicted molar refractivity (Wildman–Crippen MR) is 82.0 cm³/mol. The third-order valence-corrected chi connectivity index (χ3v) is 4.70. The van der Waals surface area contributed by atoms with E-state index in [1.165, 1.54) is 11.1 Å². The topological polar surface area (TPSA) is 54.0 Å². The average Bonchev–Trinajstić information content (AvgIpc) is 2.90. The molecule has 2 N–H and O–H groups in total. The first kappa shape index (κ1) is 13.5. The third-order valence-electron chi connectivity index (χ3n) is 3.60. The molecule has 3 rings (SSSR count). The highest BCUT2D eigenvalue weighted by molar-refractivity contribution is 7.18. The molecule has 1 saturated heterocycles. The summed E-state index contributed by atoms with van der Waals surface area (Å²) < 4.78 is 1.21. The second-order valence-corrected chi connectivity index (χ2v) is 6.23. The lowest BCUT2D eigenvalue weighted by atomic mass is 10.0. The standard InChI is InChI=1S/C15H19N3OS/c19-15(12-6-3-4-9-16-12)17-10-8-14-18-11-5-1-2-7-13(11)20-14/h1-2,5,7,12,16H,3-4,6,8-10H2,(H,17,19)/t12-/m0/s1. The minimum absolute atomic E-state index is 0.000817. The summed E-state index contributed by atoms with van der Waals surface area (Å²) in [6.07, 6.45) is 4.07. The molecule has 0 aliphatic carbocycles. The maximum absolute atomic E-state index is 12.0. The first-order chi connectivity index (χ1) is 9.83. The lowest BCUT2D eigenvalue weighted by Gasteiger charge is -2.22. The molecule has 0 saturated carbocycles. The van der Waals surface area contributed by atoms with E-state index in [0.717, 1.165) is 36.3 Å². The Labute approximate surface area is 122 Å². The van der Waals surface area contributed by atoms with E-state index in [1.807, 2.05) is 18.2 Å². The number of rotatable bonds is 4. The van der Waals surface area contributed by atoms with Gasteiger partial charge in [0.25, 0.3) is 0 Å². The van der Waals surface area contributed by atoms with Gasteiger partial charge in [0.1, 0.15) is 0 Å². The van der Waals surface area contributed by atoms with Gasteiger partial charge in [0, 0.05) is 13.0 Å². The average molecular weight is 289 g/mol. The van der Waals surface area contributed by atoms with Crippen LogP contribution in [0, 0.1) is 0 Å². The van der Waals surface area contributed by atoms with E-state index in [1.54, 1.807) is 11.3 Å². The Kier molecular flexibility index (Phi) is 4.28. The van der Waals surface area contributed by atoms with Crippen LogP contribution < -0.4 is 10.6 Å². The number of carbonyl (C=O) groups excluding carboxylic acids is 1. The largest absolute Gasteiger partial charge is 0.354 e. The van der Waals surface area contributed by atoms with Crippen LogP contribution in [0.1, 0.15) is 24.3 Å². The maximum Gasteiger partial charge on any atom is 0.237 e. The minimum atomic E-state index is -0.000817. The number of piperidine rings is 1. The Morgan fingerprint density at radius 1 is 1.40 bits per heavy atom. The number of thiazole rings is 1. The van der Waals surface area contributed by atoms with Crippen molar-refractivity contribution in [2.75, 3.05) is 13.1 Å². The quantitative estimate of drug-likeness (QED) is 0.906. The van der Waals surface area contributed by atoms with Crippen molar-refractivity contribution < 1.29 is 4.79 Å². The summed E-state index contributed by atoms with van der Waals surface area (Å²) >= 11 is 1.71. The predicted octanol–water partition coefficient (Wildman–Crippen LogP) is 2.10. The second-order valence-electron chi connectivity index (χ2n) is 5.12. The molecular weight excluding hydrogens is 270 g/mol. The number of aromatic nitrogens is 1. The van der Waals surface area contributed by atoms with E-state index in [0.29, 0.717) is 6.54 Å². The van der Waals surface area contributed by atoms with Crippen LogP contribution >= 0.6 is 11.3 Å². The molecule has 1 aromatic carbocycles. The highest BCUT2D eigenvalue weighted by Crippen LogP contribution is 2.21. The van der Waals surface area contributed by atoms with Crippen LogP contribution in [0.2, 0.25) is 0 Å². The van der Waals surface area contributed by atoms with Gasteiger partial charge in [0.05, 0.1) is 21.3 Å². The van der Waals surface area contributed by atoms with Gasteiger partial charge in [-0.15, -0.1) is 11.3 Å². The number of nitrogens with one attached hydrogen (secondary N) is 2. The van der Waals surface area contributed by atoms with Crippen molar-refractivity contribution >= 4 is 27.5 Å². The number of fused-ring (bicyclic) bond motifs is 1. The van der Waals surface area contributed by atoms with Crippen LogP contribution in [0.5, 0.6) is 0 Å². The molecule has 0 radical (unpaired) electrons. The summed E-state index contributed by atoms with van der Waals surface area (Å²) in [6.45, 7) is 1.62. The van der Waals surface area contributed by atoms with Crippen molar-refractivity contribution in [2.24, 2.45) is 0 Å². The first-order valence-corrected chi connectivity index (χ1v) is 8.00. The highest BCUT2D eigenvalue weighted by Gasteiger charge is 2.19. The molecule has 20 heavy (non-hydrogen) atoms. The van der Waals surface area contributed by atoms with E-state index < -0.39 is 0 Å². The molecular formula is C15H19N3OS. The molecule has 4 nitrogen and oxygen atoms in total. The number of hydrogen-bond donors (Lipinski definition) is 2. The summed E-state index contributed by atoms with van der Waals surface area (Å²) in [4.78, 5) is 16.5. The van der Waals surface area contributed by atoms with Crippen LogP contribution in [0.25, 0.3) is 10.2 Å². The van der Waals surface area contributed by atoms with Gasteiger partial charge in [0.15, 0.2) is 0 Å². The van der Waals surface area contributed by atoms with Crippen LogP contribution in [0.15, 0.2) is 24.3 Å². The summed E-state index contributed by atoms with van der Waals surface area (Å²) in [5.41, 5.74) is 1.05. The zero-order valence-electron chi connectivity index (χ0n) is 11.4. The first-order valence-electron chi connectivity index (χ1n) is 7.18. The van der Waals surface area contributed by atoms with Crippen LogP contribution in [-0.4, -0.2) is 30.0 Å². The molecule has 2 aromatic rings. The molecule has 5 heteroatoms. The van der Waals surface area contributed by atoms with Gasteiger partial charge in [-0.05, 0) is 31.5 Å². The third kappa shape index (κ3) is 3.16. The summed E-state index contributed by atoms with van der Waals surface area (Å²) in [5.74, 6) is 0.130. The van der Waals surface area contributed by atoms with Gasteiger partial charge in [-0.25, -0.2) is 4.98 Å². The number of nitrogens with zero attached hydrogens (tertiary/aromatic N) is 1. The Morgan fingerprint density at radius 2 is 2.30 bits per heavy atom. The SMILES string of the molecule is O=C(NCCc1nc2ccccc2s1)[C@@H]1CCCCN1. The van der Waals surface area contributed by atoms with E-state index in [2.05, 4.69) is 21.7 Å². The second kappa shape index (κ2) is 6.33. The molecule has 0 spiro atoms. The number of carbonyl (C=O) groups is 1.